The first-order chi connectivity index (χ1) is 33.5. The van der Waals surface area contributed by atoms with Gasteiger partial charge in [0.1, 0.15) is 19.8 Å². The number of carbonyl (C=O) groups excluding carboxylic acids is 2. The number of carbonyl (C=O) groups is 2. The Balaban J connectivity index is 4.01. The molecule has 69 heavy (non-hydrogen) atoms. The van der Waals surface area contributed by atoms with Gasteiger partial charge in [-0.1, -0.05) is 256 Å². The molecule has 2 atom stereocenters. The summed E-state index contributed by atoms with van der Waals surface area (Å²) in [6.07, 6.45) is 61.1. The fourth-order valence-electron chi connectivity index (χ4n) is 8.64. The minimum atomic E-state index is -4.38. The number of phosphoric acid groups is 1. The molecule has 0 aromatic rings. The van der Waals surface area contributed by atoms with E-state index in [2.05, 4.69) is 38.2 Å². The third kappa shape index (κ3) is 55.7. The van der Waals surface area contributed by atoms with Crippen LogP contribution in [0.2, 0.25) is 0 Å². The van der Waals surface area contributed by atoms with Gasteiger partial charge in [-0.3, -0.25) is 18.6 Å². The summed E-state index contributed by atoms with van der Waals surface area (Å²) in [7, 11) is 1.49. The van der Waals surface area contributed by atoms with Crippen molar-refractivity contribution in [3.8, 4) is 0 Å². The summed E-state index contributed by atoms with van der Waals surface area (Å²) in [6.45, 7) is 4.47. The second-order valence-corrected chi connectivity index (χ2v) is 22.8. The van der Waals surface area contributed by atoms with E-state index >= 15 is 0 Å². The van der Waals surface area contributed by atoms with Crippen molar-refractivity contribution in [3.05, 3.63) is 24.3 Å². The van der Waals surface area contributed by atoms with Crippen LogP contribution in [0.4, 0.5) is 0 Å². The van der Waals surface area contributed by atoms with Crippen LogP contribution in [0.1, 0.15) is 290 Å². The van der Waals surface area contributed by atoms with Crippen molar-refractivity contribution >= 4 is 19.8 Å². The van der Waals surface area contributed by atoms with Crippen LogP contribution in [0.3, 0.4) is 0 Å². The number of phosphoric ester groups is 1. The first-order valence-electron chi connectivity index (χ1n) is 29.6. The van der Waals surface area contributed by atoms with Crippen LogP contribution in [-0.4, -0.2) is 74.9 Å². The van der Waals surface area contributed by atoms with Crippen molar-refractivity contribution in [2.45, 2.75) is 296 Å². The predicted octanol–water partition coefficient (Wildman–Crippen LogP) is 18.2. The minimum Gasteiger partial charge on any atom is -0.462 e. The second-order valence-electron chi connectivity index (χ2n) is 21.4. The Labute approximate surface area is 428 Å². The number of likely N-dealkylation sites (N-methyl/N-ethyl adjacent to an activating group) is 1. The summed E-state index contributed by atoms with van der Waals surface area (Å²) in [5.74, 6) is -0.780. The minimum absolute atomic E-state index is 0.0353. The van der Waals surface area contributed by atoms with Gasteiger partial charge >= 0.3 is 19.8 Å². The number of ether oxygens (including phenoxy) is 2. The SMILES string of the molecule is CCCCCCC/C=C\C/C=C\CCCCCCCCCCCCCCCCCCCCCC(=O)OC(COC(=O)CCCCCCCCCCCCCCCC)COP(=O)(O)OCC[N+](C)(C)C. The fraction of sp³-hybridized carbons (Fsp3) is 0.898. The number of hydrogen-bond acceptors (Lipinski definition) is 7. The molecule has 0 aromatic heterocycles. The lowest BCUT2D eigenvalue weighted by Gasteiger charge is -2.24. The summed E-state index contributed by atoms with van der Waals surface area (Å²) in [4.78, 5) is 35.6. The lowest BCUT2D eigenvalue weighted by molar-refractivity contribution is -0.870. The van der Waals surface area contributed by atoms with Gasteiger partial charge in [0.15, 0.2) is 6.10 Å². The smallest absolute Gasteiger partial charge is 0.462 e. The first kappa shape index (κ1) is 67.5. The summed E-state index contributed by atoms with van der Waals surface area (Å²) < 4.78 is 34.5. The molecule has 0 aliphatic rings. The second kappa shape index (κ2) is 51.4. The maximum absolute atomic E-state index is 12.8. The number of unbranched alkanes of at least 4 members (excludes halogenated alkanes) is 37. The van der Waals surface area contributed by atoms with E-state index in [4.69, 9.17) is 18.5 Å². The van der Waals surface area contributed by atoms with Crippen LogP contribution >= 0.6 is 7.82 Å². The molecule has 10 heteroatoms. The Hall–Kier alpha value is -1.51. The number of hydrogen-bond donors (Lipinski definition) is 1. The topological polar surface area (TPSA) is 108 Å². The van der Waals surface area contributed by atoms with E-state index in [0.29, 0.717) is 23.9 Å². The molecule has 0 fully saturated rings. The highest BCUT2D eigenvalue weighted by Crippen LogP contribution is 2.43. The summed E-state index contributed by atoms with van der Waals surface area (Å²) >= 11 is 0. The molecular formula is C59H115NO8P+. The predicted molar refractivity (Wildman–Crippen MR) is 294 cm³/mol. The molecule has 0 saturated carbocycles. The molecule has 0 aliphatic carbocycles. The number of rotatable bonds is 55. The molecule has 1 N–H and O–H groups in total. The standard InChI is InChI=1S/C59H114NO8P/c1-6-8-10-12-14-16-18-20-22-23-24-25-26-27-28-29-30-31-32-33-34-35-36-37-38-40-42-44-46-48-50-52-59(62)68-57(56-67-69(63,64)66-54-53-60(3,4)5)55-65-58(61)51-49-47-45-43-41-39-21-19-17-15-13-11-9-7-2/h18,20,23-24,57H,6-17,19,21-22,25-56H2,1-5H3/p+1/b20-18-,24-23-. The van der Waals surface area contributed by atoms with Gasteiger partial charge in [0.2, 0.25) is 0 Å². The van der Waals surface area contributed by atoms with Crippen molar-refractivity contribution in [3.63, 3.8) is 0 Å². The van der Waals surface area contributed by atoms with Gasteiger partial charge in [0.05, 0.1) is 27.7 Å². The van der Waals surface area contributed by atoms with E-state index in [1.54, 1.807) is 0 Å². The highest BCUT2D eigenvalue weighted by Gasteiger charge is 2.27. The Morgan fingerprint density at radius 2 is 0.783 bits per heavy atom. The summed E-state index contributed by atoms with van der Waals surface area (Å²) in [6, 6.07) is 0. The van der Waals surface area contributed by atoms with Gasteiger partial charge in [0, 0.05) is 12.8 Å². The first-order valence-corrected chi connectivity index (χ1v) is 31.1. The Kier molecular flexibility index (Phi) is 50.3. The van der Waals surface area contributed by atoms with E-state index in [1.165, 1.54) is 218 Å². The zero-order chi connectivity index (χ0) is 50.6. The van der Waals surface area contributed by atoms with Gasteiger partial charge in [-0.15, -0.1) is 0 Å². The highest BCUT2D eigenvalue weighted by atomic mass is 31.2. The van der Waals surface area contributed by atoms with Gasteiger partial charge in [-0.25, -0.2) is 4.57 Å². The summed E-state index contributed by atoms with van der Waals surface area (Å²) in [5.41, 5.74) is 0. The van der Waals surface area contributed by atoms with Crippen molar-refractivity contribution < 1.29 is 42.1 Å². The molecular weight excluding hydrogens is 882 g/mol. The van der Waals surface area contributed by atoms with Crippen molar-refractivity contribution in [1.29, 1.82) is 0 Å². The van der Waals surface area contributed by atoms with Crippen LogP contribution in [0.25, 0.3) is 0 Å². The van der Waals surface area contributed by atoms with Gasteiger partial charge in [0.25, 0.3) is 0 Å². The van der Waals surface area contributed by atoms with Crippen LogP contribution in [0, 0.1) is 0 Å². The van der Waals surface area contributed by atoms with E-state index in [0.717, 1.165) is 38.5 Å². The molecule has 0 bridgehead atoms. The molecule has 0 spiro atoms. The van der Waals surface area contributed by atoms with E-state index in [1.807, 2.05) is 21.1 Å². The number of nitrogens with zero attached hydrogens (tertiary/aromatic N) is 1. The molecule has 0 heterocycles. The zero-order valence-electron chi connectivity index (χ0n) is 46.3. The maximum atomic E-state index is 12.8. The van der Waals surface area contributed by atoms with Gasteiger partial charge in [-0.05, 0) is 44.9 Å². The molecule has 0 saturated heterocycles. The molecule has 0 radical (unpaired) electrons. The van der Waals surface area contributed by atoms with Crippen LogP contribution in [0.15, 0.2) is 24.3 Å². The third-order valence-corrected chi connectivity index (χ3v) is 14.2. The zero-order valence-corrected chi connectivity index (χ0v) is 47.2. The molecule has 2 unspecified atom stereocenters. The van der Waals surface area contributed by atoms with Crippen LogP contribution < -0.4 is 0 Å². The lowest BCUT2D eigenvalue weighted by atomic mass is 10.0. The Morgan fingerprint density at radius 1 is 0.449 bits per heavy atom. The van der Waals surface area contributed by atoms with Gasteiger partial charge in [-0.2, -0.15) is 0 Å². The number of quaternary nitrogens is 1. The quantitative estimate of drug-likeness (QED) is 0.0211. The van der Waals surface area contributed by atoms with Crippen LogP contribution in [0.5, 0.6) is 0 Å². The molecule has 0 rings (SSSR count). The fourth-order valence-corrected chi connectivity index (χ4v) is 9.38. The molecule has 0 aliphatic heterocycles. The highest BCUT2D eigenvalue weighted by molar-refractivity contribution is 7.47. The van der Waals surface area contributed by atoms with E-state index < -0.39 is 26.5 Å². The molecule has 408 valence electrons. The van der Waals surface area contributed by atoms with Gasteiger partial charge < -0.3 is 18.9 Å². The largest absolute Gasteiger partial charge is 0.472 e. The Morgan fingerprint density at radius 3 is 1.14 bits per heavy atom. The molecule has 0 aromatic carbocycles. The lowest BCUT2D eigenvalue weighted by Crippen LogP contribution is -2.37. The molecule has 0 amide bonds. The van der Waals surface area contributed by atoms with Crippen molar-refractivity contribution in [1.82, 2.24) is 0 Å². The number of allylic oxidation sites excluding steroid dienone is 4. The van der Waals surface area contributed by atoms with Crippen molar-refractivity contribution in [2.24, 2.45) is 0 Å². The van der Waals surface area contributed by atoms with Crippen molar-refractivity contribution in [2.75, 3.05) is 47.5 Å². The Bertz CT molecular complexity index is 1220. The monoisotopic (exact) mass is 997 g/mol. The third-order valence-electron chi connectivity index (χ3n) is 13.2. The molecule has 9 nitrogen and oxygen atoms in total. The van der Waals surface area contributed by atoms with Crippen LogP contribution in [-0.2, 0) is 32.7 Å². The number of esters is 2. The summed E-state index contributed by atoms with van der Waals surface area (Å²) in [5, 5.41) is 0. The maximum Gasteiger partial charge on any atom is 0.472 e. The average Bonchev–Trinajstić information content (AvgIpc) is 3.31. The normalized spacial score (nSPS) is 13.4. The van der Waals surface area contributed by atoms with E-state index in [9.17, 15) is 19.0 Å². The average molecular weight is 998 g/mol. The van der Waals surface area contributed by atoms with E-state index in [-0.39, 0.29) is 25.6 Å².